The molecule has 10 nitrogen and oxygen atoms in total. The van der Waals surface area contributed by atoms with Gasteiger partial charge in [-0.1, -0.05) is 12.8 Å². The molecule has 0 unspecified atom stereocenters. The average molecular weight is 561 g/mol. The van der Waals surface area contributed by atoms with E-state index in [4.69, 9.17) is 4.74 Å². The van der Waals surface area contributed by atoms with Crippen LogP contribution in [0.4, 0.5) is 14.5 Å². The zero-order chi connectivity index (χ0) is 28.5. The van der Waals surface area contributed by atoms with Crippen LogP contribution in [0.3, 0.4) is 0 Å². The molecule has 1 amide bonds. The molecule has 1 saturated carbocycles. The molecule has 1 aliphatic heterocycles. The second-order valence-electron chi connectivity index (χ2n) is 10.0. The molecule has 0 saturated heterocycles. The maximum atomic E-state index is 15.1. The summed E-state index contributed by atoms with van der Waals surface area (Å²) in [7, 11) is 0. The summed E-state index contributed by atoms with van der Waals surface area (Å²) in [6.45, 7) is 1.33. The molecule has 0 spiro atoms. The van der Waals surface area contributed by atoms with Gasteiger partial charge in [-0.2, -0.15) is 0 Å². The first kappa shape index (κ1) is 26.5. The van der Waals surface area contributed by atoms with Crippen LogP contribution in [0.1, 0.15) is 53.3 Å². The Labute approximate surface area is 232 Å². The van der Waals surface area contributed by atoms with Gasteiger partial charge < -0.3 is 15.4 Å². The molecule has 2 aromatic carbocycles. The third-order valence-electron chi connectivity index (χ3n) is 7.40. The van der Waals surface area contributed by atoms with Crippen molar-refractivity contribution in [3.05, 3.63) is 104 Å². The van der Waals surface area contributed by atoms with Gasteiger partial charge in [0.2, 0.25) is 5.88 Å². The van der Waals surface area contributed by atoms with Crippen LogP contribution in [0.25, 0.3) is 5.69 Å². The summed E-state index contributed by atoms with van der Waals surface area (Å²) in [6.07, 6.45) is 6.52. The van der Waals surface area contributed by atoms with Crippen molar-refractivity contribution in [1.82, 2.24) is 24.4 Å². The number of halogens is 2. The number of amides is 1. The molecule has 0 bridgehead atoms. The largest absolute Gasteiger partial charge is 0.439 e. The molecule has 41 heavy (non-hydrogen) atoms. The van der Waals surface area contributed by atoms with E-state index in [1.807, 2.05) is 0 Å². The minimum atomic E-state index is -0.892. The Balaban J connectivity index is 1.31. The summed E-state index contributed by atoms with van der Waals surface area (Å²) in [5.74, 6) is -1.70. The molecular weight excluding hydrogens is 534 g/mol. The number of rotatable bonds is 6. The Morgan fingerprint density at radius 2 is 1.83 bits per heavy atom. The van der Waals surface area contributed by atoms with Crippen LogP contribution in [0.2, 0.25) is 0 Å². The highest BCUT2D eigenvalue weighted by Crippen LogP contribution is 2.30. The highest BCUT2D eigenvalue weighted by Gasteiger charge is 2.25. The van der Waals surface area contributed by atoms with Gasteiger partial charge in [0.25, 0.3) is 11.5 Å². The van der Waals surface area contributed by atoms with E-state index in [2.05, 4.69) is 20.6 Å². The lowest BCUT2D eigenvalue weighted by molar-refractivity contribution is 0.102. The van der Waals surface area contributed by atoms with Crippen molar-refractivity contribution in [3.8, 4) is 17.3 Å². The van der Waals surface area contributed by atoms with Gasteiger partial charge in [-0.25, -0.2) is 28.1 Å². The van der Waals surface area contributed by atoms with Crippen LogP contribution in [0, 0.1) is 11.6 Å². The smallest absolute Gasteiger partial charge is 0.335 e. The number of hydrogen-bond donors (Lipinski definition) is 2. The van der Waals surface area contributed by atoms with E-state index in [1.54, 1.807) is 0 Å². The van der Waals surface area contributed by atoms with Gasteiger partial charge in [0.15, 0.2) is 0 Å². The molecular formula is C29H26F2N6O4. The lowest BCUT2D eigenvalue weighted by Gasteiger charge is -2.18. The maximum Gasteiger partial charge on any atom is 0.335 e. The topological polar surface area (TPSA) is 120 Å². The quantitative estimate of drug-likeness (QED) is 0.367. The number of carbonyl (C=O) groups is 1. The first-order valence-corrected chi connectivity index (χ1v) is 13.4. The zero-order valence-electron chi connectivity index (χ0n) is 21.9. The molecule has 2 aromatic heterocycles. The summed E-state index contributed by atoms with van der Waals surface area (Å²) in [5.41, 5.74) is -0.255. The number of ether oxygens (including phenoxy) is 1. The van der Waals surface area contributed by atoms with Crippen molar-refractivity contribution in [3.63, 3.8) is 0 Å². The molecule has 12 heteroatoms. The Hall–Kier alpha value is -4.71. The Morgan fingerprint density at radius 1 is 1.05 bits per heavy atom. The van der Waals surface area contributed by atoms with E-state index in [0.717, 1.165) is 53.4 Å². The lowest BCUT2D eigenvalue weighted by Crippen LogP contribution is -2.43. The molecule has 1 fully saturated rings. The monoisotopic (exact) mass is 560 g/mol. The Morgan fingerprint density at radius 3 is 2.59 bits per heavy atom. The van der Waals surface area contributed by atoms with Crippen molar-refractivity contribution >= 4 is 11.6 Å². The fraction of sp³-hybridized carbons (Fsp3) is 0.276. The van der Waals surface area contributed by atoms with E-state index >= 15 is 4.39 Å². The third-order valence-corrected chi connectivity index (χ3v) is 7.40. The van der Waals surface area contributed by atoms with E-state index < -0.39 is 28.8 Å². The van der Waals surface area contributed by atoms with Crippen molar-refractivity contribution in [2.45, 2.75) is 44.7 Å². The lowest BCUT2D eigenvalue weighted by atomic mass is 10.1. The molecule has 4 aromatic rings. The van der Waals surface area contributed by atoms with Gasteiger partial charge in [0.05, 0.1) is 17.1 Å². The highest BCUT2D eigenvalue weighted by molar-refractivity contribution is 6.04. The number of aromatic nitrogens is 4. The standard InChI is InChI=1S/C29H26F2N6O4/c30-17-5-7-19(8-6-17)37-28(39)22(15-36(29(37)40)18-3-1-2-4-18)26(38)35-24-10-9-20(13-23(24)31)41-27-21-11-12-32-14-25(21)33-16-34-27/h5-10,13,15-16,18,32H,1-4,11-12,14H2,(H,35,38). The Bertz CT molecular complexity index is 1750. The van der Waals surface area contributed by atoms with Crippen LogP contribution in [0.5, 0.6) is 11.6 Å². The van der Waals surface area contributed by atoms with Crippen LogP contribution < -0.4 is 26.6 Å². The molecule has 6 rings (SSSR count). The van der Waals surface area contributed by atoms with E-state index in [1.165, 1.54) is 41.4 Å². The SMILES string of the molecule is O=C(Nc1ccc(Oc2ncnc3c2CCNC3)cc1F)c1cn(C2CCCC2)c(=O)n(-c2ccc(F)cc2)c1=O. The average Bonchev–Trinajstić information content (AvgIpc) is 3.51. The van der Waals surface area contributed by atoms with E-state index in [0.29, 0.717) is 31.7 Å². The number of anilines is 1. The molecule has 2 N–H and O–H groups in total. The predicted molar refractivity (Wildman–Crippen MR) is 146 cm³/mol. The van der Waals surface area contributed by atoms with Crippen molar-refractivity contribution < 1.29 is 18.3 Å². The molecule has 0 atom stereocenters. The number of nitrogens with zero attached hydrogens (tertiary/aromatic N) is 4. The molecule has 3 heterocycles. The van der Waals surface area contributed by atoms with Gasteiger partial charge >= 0.3 is 5.69 Å². The minimum Gasteiger partial charge on any atom is -0.439 e. The summed E-state index contributed by atoms with van der Waals surface area (Å²) >= 11 is 0. The van der Waals surface area contributed by atoms with Crippen LogP contribution in [-0.2, 0) is 13.0 Å². The third kappa shape index (κ3) is 5.25. The number of carbonyl (C=O) groups excluding carboxylic acids is 1. The summed E-state index contributed by atoms with van der Waals surface area (Å²) in [6, 6.07) is 8.56. The first-order valence-electron chi connectivity index (χ1n) is 13.4. The highest BCUT2D eigenvalue weighted by atomic mass is 19.1. The van der Waals surface area contributed by atoms with Crippen molar-refractivity contribution in [1.29, 1.82) is 0 Å². The molecule has 1 aliphatic carbocycles. The number of hydrogen-bond acceptors (Lipinski definition) is 7. The second-order valence-corrected chi connectivity index (χ2v) is 10.0. The summed E-state index contributed by atoms with van der Waals surface area (Å²) in [4.78, 5) is 48.5. The van der Waals surface area contributed by atoms with E-state index in [9.17, 15) is 18.8 Å². The maximum absolute atomic E-state index is 15.1. The minimum absolute atomic E-state index is 0.123. The van der Waals surface area contributed by atoms with E-state index in [-0.39, 0.29) is 28.7 Å². The number of nitrogens with one attached hydrogen (secondary N) is 2. The van der Waals surface area contributed by atoms with Crippen molar-refractivity contribution in [2.75, 3.05) is 11.9 Å². The molecule has 0 radical (unpaired) electrons. The van der Waals surface area contributed by atoms with Gasteiger partial charge in [-0.3, -0.25) is 14.2 Å². The fourth-order valence-electron chi connectivity index (χ4n) is 5.29. The number of fused-ring (bicyclic) bond motifs is 1. The number of benzene rings is 2. The normalized spacial score (nSPS) is 15.0. The first-order chi connectivity index (χ1) is 19.9. The summed E-state index contributed by atoms with van der Waals surface area (Å²) in [5, 5.41) is 5.66. The molecule has 210 valence electrons. The fourth-order valence-corrected chi connectivity index (χ4v) is 5.29. The van der Waals surface area contributed by atoms with Crippen LogP contribution >= 0.6 is 0 Å². The van der Waals surface area contributed by atoms with Gasteiger partial charge in [0.1, 0.15) is 29.3 Å². The van der Waals surface area contributed by atoms with Crippen molar-refractivity contribution in [2.24, 2.45) is 0 Å². The molecule has 2 aliphatic rings. The Kier molecular flexibility index (Phi) is 7.14. The van der Waals surface area contributed by atoms with Gasteiger partial charge in [-0.15, -0.1) is 0 Å². The summed E-state index contributed by atoms with van der Waals surface area (Å²) < 4.78 is 36.7. The zero-order valence-corrected chi connectivity index (χ0v) is 21.9. The van der Waals surface area contributed by atoms with Crippen LogP contribution in [-0.4, -0.2) is 31.6 Å². The van der Waals surface area contributed by atoms with Gasteiger partial charge in [0, 0.05) is 30.4 Å². The predicted octanol–water partition coefficient (Wildman–Crippen LogP) is 3.87. The van der Waals surface area contributed by atoms with Gasteiger partial charge in [-0.05, 0) is 62.2 Å². The van der Waals surface area contributed by atoms with Crippen LogP contribution in [0.15, 0.2) is 64.6 Å². The second kappa shape index (κ2) is 11.0.